The third-order valence-corrected chi connectivity index (χ3v) is 5.52. The van der Waals surface area contributed by atoms with Crippen LogP contribution in [0.3, 0.4) is 0 Å². The second kappa shape index (κ2) is 8.83. The van der Waals surface area contributed by atoms with Gasteiger partial charge in [0.2, 0.25) is 5.91 Å². The van der Waals surface area contributed by atoms with Crippen LogP contribution < -0.4 is 20.1 Å². The molecule has 0 saturated heterocycles. The van der Waals surface area contributed by atoms with E-state index in [-0.39, 0.29) is 18.0 Å². The van der Waals surface area contributed by atoms with E-state index in [0.29, 0.717) is 14.9 Å². The van der Waals surface area contributed by atoms with Gasteiger partial charge in [-0.3, -0.25) is 14.2 Å². The van der Waals surface area contributed by atoms with Gasteiger partial charge in [0.25, 0.3) is 5.56 Å². The summed E-state index contributed by atoms with van der Waals surface area (Å²) in [6.07, 6.45) is 3.03. The highest BCUT2D eigenvalue weighted by molar-refractivity contribution is 9.10. The molecule has 0 aliphatic heterocycles. The minimum atomic E-state index is -0.327. The van der Waals surface area contributed by atoms with Crippen LogP contribution in [0.1, 0.15) is 11.1 Å². The molecule has 0 atom stereocenters. The van der Waals surface area contributed by atoms with E-state index in [1.165, 1.54) is 22.0 Å². The number of halogens is 1. The Hall–Kier alpha value is -2.95. The Bertz CT molecular complexity index is 1220. The van der Waals surface area contributed by atoms with Crippen molar-refractivity contribution in [3.05, 3.63) is 83.7 Å². The van der Waals surface area contributed by atoms with E-state index < -0.39 is 0 Å². The van der Waals surface area contributed by atoms with Crippen LogP contribution in [0.5, 0.6) is 0 Å². The molecule has 0 bridgehead atoms. The first-order valence-corrected chi connectivity index (χ1v) is 10.0. The predicted octanol–water partition coefficient (Wildman–Crippen LogP) is 2.75. The van der Waals surface area contributed by atoms with Gasteiger partial charge < -0.3 is 5.32 Å². The second-order valence-corrected chi connectivity index (χ2v) is 8.06. The van der Waals surface area contributed by atoms with E-state index in [9.17, 15) is 9.59 Å². The molecule has 0 radical (unpaired) electrons. The summed E-state index contributed by atoms with van der Waals surface area (Å²) in [7, 11) is 0. The molecule has 2 aromatic carbocycles. The number of hydrogen-bond donors (Lipinski definition) is 1. The summed E-state index contributed by atoms with van der Waals surface area (Å²) in [6, 6.07) is 16.9. The quantitative estimate of drug-likeness (QED) is 0.659. The summed E-state index contributed by atoms with van der Waals surface area (Å²) in [4.78, 5) is 25.2. The van der Waals surface area contributed by atoms with Crippen molar-refractivity contribution in [1.82, 2.24) is 4.57 Å². The van der Waals surface area contributed by atoms with E-state index in [4.69, 9.17) is 5.26 Å². The Kier molecular flexibility index (Phi) is 6.24. The van der Waals surface area contributed by atoms with E-state index in [1.807, 2.05) is 49.4 Å². The number of amides is 1. The Morgan fingerprint density at radius 2 is 1.89 bits per heavy atom. The molecular weight excluding hydrogens is 438 g/mol. The highest BCUT2D eigenvalue weighted by atomic mass is 79.9. The van der Waals surface area contributed by atoms with Crippen molar-refractivity contribution < 1.29 is 4.79 Å². The standard InChI is InChI=1S/C21H16BrN3O2S/c1-14-2-8-17(9-3-14)24-19(26)13-25-20(10-11-23)28-18(21(25)27)12-15-4-6-16(22)7-5-15/h2-10,12H,13H2,1H3,(H,24,26)/b18-12+,20-10-. The van der Waals surface area contributed by atoms with Gasteiger partial charge in [-0.1, -0.05) is 45.8 Å². The zero-order chi connectivity index (χ0) is 20.1. The molecule has 1 amide bonds. The van der Waals surface area contributed by atoms with Gasteiger partial charge >= 0.3 is 0 Å². The first-order valence-electron chi connectivity index (χ1n) is 8.39. The lowest BCUT2D eigenvalue weighted by Crippen LogP contribution is -2.35. The molecule has 0 aliphatic carbocycles. The number of nitriles is 1. The minimum Gasteiger partial charge on any atom is -0.325 e. The van der Waals surface area contributed by atoms with Crippen LogP contribution in [-0.4, -0.2) is 10.5 Å². The average molecular weight is 454 g/mol. The molecule has 1 N–H and O–H groups in total. The number of nitrogens with zero attached hydrogens (tertiary/aromatic N) is 2. The van der Waals surface area contributed by atoms with E-state index in [0.717, 1.165) is 15.6 Å². The number of aromatic nitrogens is 1. The maximum Gasteiger partial charge on any atom is 0.269 e. The van der Waals surface area contributed by atoms with Crippen molar-refractivity contribution in [3.63, 3.8) is 0 Å². The summed E-state index contributed by atoms with van der Waals surface area (Å²) in [6.45, 7) is 1.80. The van der Waals surface area contributed by atoms with Gasteiger partial charge in [-0.25, -0.2) is 0 Å². The summed E-state index contributed by atoms with van der Waals surface area (Å²) < 4.78 is 3.17. The van der Waals surface area contributed by atoms with Gasteiger partial charge in [-0.05, 0) is 42.8 Å². The normalized spacial score (nSPS) is 12.0. The first-order chi connectivity index (χ1) is 13.5. The van der Waals surface area contributed by atoms with Crippen LogP contribution in [0, 0.1) is 18.3 Å². The fourth-order valence-corrected chi connectivity index (χ4v) is 3.79. The van der Waals surface area contributed by atoms with Crippen molar-refractivity contribution in [2.24, 2.45) is 0 Å². The second-order valence-electron chi connectivity index (χ2n) is 6.08. The maximum atomic E-state index is 12.8. The Morgan fingerprint density at radius 1 is 1.21 bits per heavy atom. The Morgan fingerprint density at radius 3 is 2.54 bits per heavy atom. The lowest BCUT2D eigenvalue weighted by molar-refractivity contribution is -0.116. The lowest BCUT2D eigenvalue weighted by atomic mass is 10.2. The van der Waals surface area contributed by atoms with E-state index >= 15 is 0 Å². The molecule has 28 heavy (non-hydrogen) atoms. The molecule has 140 valence electrons. The fraction of sp³-hybridized carbons (Fsp3) is 0.0952. The number of hydrogen-bond acceptors (Lipinski definition) is 4. The van der Waals surface area contributed by atoms with Crippen LogP contribution in [-0.2, 0) is 11.3 Å². The van der Waals surface area contributed by atoms with Crippen LogP contribution in [0.2, 0.25) is 0 Å². The van der Waals surface area contributed by atoms with Crippen molar-refractivity contribution in [3.8, 4) is 6.07 Å². The minimum absolute atomic E-state index is 0.162. The molecule has 0 aliphatic rings. The predicted molar refractivity (Wildman–Crippen MR) is 115 cm³/mol. The molecule has 3 aromatic rings. The number of carbonyl (C=O) groups excluding carboxylic acids is 1. The molecule has 0 saturated carbocycles. The lowest BCUT2D eigenvalue weighted by Gasteiger charge is -2.06. The number of aryl methyl sites for hydroxylation is 1. The molecule has 7 heteroatoms. The summed E-state index contributed by atoms with van der Waals surface area (Å²) >= 11 is 4.56. The first kappa shape index (κ1) is 19.8. The van der Waals surface area contributed by atoms with Gasteiger partial charge in [0.15, 0.2) is 0 Å². The largest absolute Gasteiger partial charge is 0.325 e. The van der Waals surface area contributed by atoms with Crippen molar-refractivity contribution in [2.45, 2.75) is 13.5 Å². The highest BCUT2D eigenvalue weighted by Crippen LogP contribution is 2.11. The Labute approximate surface area is 174 Å². The summed E-state index contributed by atoms with van der Waals surface area (Å²) in [5, 5.41) is 11.8. The van der Waals surface area contributed by atoms with E-state index in [1.54, 1.807) is 18.2 Å². The maximum absolute atomic E-state index is 12.8. The Balaban J connectivity index is 1.93. The highest BCUT2D eigenvalue weighted by Gasteiger charge is 2.10. The fourth-order valence-electron chi connectivity index (χ4n) is 2.54. The molecule has 0 fully saturated rings. The number of anilines is 1. The molecule has 0 unspecified atom stereocenters. The number of thiazole rings is 1. The van der Waals surface area contributed by atoms with Gasteiger partial charge in [0.1, 0.15) is 11.2 Å². The van der Waals surface area contributed by atoms with Crippen LogP contribution in [0.15, 0.2) is 57.8 Å². The zero-order valence-electron chi connectivity index (χ0n) is 15.0. The molecular formula is C21H16BrN3O2S. The molecule has 5 nitrogen and oxygen atoms in total. The molecule has 0 spiro atoms. The third kappa shape index (κ3) is 4.85. The van der Waals surface area contributed by atoms with Crippen molar-refractivity contribution >= 4 is 51.0 Å². The third-order valence-electron chi connectivity index (χ3n) is 3.93. The topological polar surface area (TPSA) is 74.9 Å². The summed E-state index contributed by atoms with van der Waals surface area (Å²) in [5.74, 6) is -0.327. The van der Waals surface area contributed by atoms with Gasteiger partial charge in [-0.15, -0.1) is 11.3 Å². The van der Waals surface area contributed by atoms with Crippen LogP contribution in [0.25, 0.3) is 12.2 Å². The van der Waals surface area contributed by atoms with Crippen LogP contribution in [0.4, 0.5) is 5.69 Å². The molecule has 3 rings (SSSR count). The zero-order valence-corrected chi connectivity index (χ0v) is 17.4. The van der Waals surface area contributed by atoms with Gasteiger partial charge in [0, 0.05) is 16.2 Å². The number of rotatable bonds is 4. The van der Waals surface area contributed by atoms with Crippen molar-refractivity contribution in [2.75, 3.05) is 5.32 Å². The summed E-state index contributed by atoms with van der Waals surface area (Å²) in [5.41, 5.74) is 2.31. The molecule has 1 heterocycles. The number of carbonyl (C=O) groups is 1. The average Bonchev–Trinajstić information content (AvgIpc) is 2.95. The molecule has 1 aromatic heterocycles. The number of benzene rings is 2. The monoisotopic (exact) mass is 453 g/mol. The number of nitrogens with one attached hydrogen (secondary N) is 1. The van der Waals surface area contributed by atoms with Crippen LogP contribution >= 0.6 is 27.3 Å². The van der Waals surface area contributed by atoms with Gasteiger partial charge in [-0.2, -0.15) is 5.26 Å². The SMILES string of the molecule is Cc1ccc(NC(=O)Cn2c(=O)/c(=C\c3ccc(Br)cc3)s/c2=C\C#N)cc1. The van der Waals surface area contributed by atoms with E-state index in [2.05, 4.69) is 21.2 Å². The smallest absolute Gasteiger partial charge is 0.269 e. The van der Waals surface area contributed by atoms with Crippen molar-refractivity contribution in [1.29, 1.82) is 5.26 Å². The van der Waals surface area contributed by atoms with Gasteiger partial charge in [0.05, 0.1) is 10.6 Å².